The van der Waals surface area contributed by atoms with E-state index in [4.69, 9.17) is 0 Å². The highest BCUT2D eigenvalue weighted by atomic mass is 17.0. The van der Waals surface area contributed by atoms with Gasteiger partial charge >= 0.3 is 5.97 Å². The van der Waals surface area contributed by atoms with E-state index in [1.54, 1.807) is 0 Å². The van der Waals surface area contributed by atoms with Gasteiger partial charge in [0.1, 0.15) is 18.8 Å². The van der Waals surface area contributed by atoms with E-state index in [0.29, 0.717) is 0 Å². The molecule has 122 valence electrons. The van der Waals surface area contributed by atoms with Crippen LogP contribution in [0.3, 0.4) is 0 Å². The monoisotopic (exact) mass is 324 g/mol. The topological polar surface area (TPSA) is 139 Å². The fourth-order valence-corrected chi connectivity index (χ4v) is 1.52. The first-order chi connectivity index (χ1) is 10.8. The van der Waals surface area contributed by atoms with E-state index in [9.17, 15) is 29.8 Å². The smallest absolute Gasteiger partial charge is 0.341 e. The summed E-state index contributed by atoms with van der Waals surface area (Å²) in [6.07, 6.45) is 1.14. The summed E-state index contributed by atoms with van der Waals surface area (Å²) in [6, 6.07) is 5.32. The van der Waals surface area contributed by atoms with Gasteiger partial charge in [0.15, 0.2) is 5.78 Å². The summed E-state index contributed by atoms with van der Waals surface area (Å²) in [5.41, 5.74) is -0.274. The lowest BCUT2D eigenvalue weighted by atomic mass is 10.1. The largest absolute Gasteiger partial charge is 0.460 e. The second-order valence-electron chi connectivity index (χ2n) is 4.16. The molecule has 0 N–H and O–H groups in total. The van der Waals surface area contributed by atoms with Gasteiger partial charge in [-0.25, -0.2) is 4.79 Å². The number of carbonyl (C=O) groups excluding carboxylic acids is 2. The van der Waals surface area contributed by atoms with Gasteiger partial charge in [0.25, 0.3) is 10.8 Å². The highest BCUT2D eigenvalue weighted by molar-refractivity contribution is 6.19. The summed E-state index contributed by atoms with van der Waals surface area (Å²) in [7, 11) is 0. The van der Waals surface area contributed by atoms with Crippen LogP contribution in [0.25, 0.3) is 6.08 Å². The molecule has 0 saturated heterocycles. The minimum absolute atomic E-state index is 0.200. The molecule has 0 atom stereocenters. The van der Waals surface area contributed by atoms with Gasteiger partial charge in [0.2, 0.25) is 0 Å². The van der Waals surface area contributed by atoms with E-state index in [1.165, 1.54) is 24.3 Å². The zero-order valence-corrected chi connectivity index (χ0v) is 12.0. The van der Waals surface area contributed by atoms with Crippen LogP contribution in [0.5, 0.6) is 0 Å². The molecule has 0 heterocycles. The number of hydrogen-bond acceptors (Lipinski definition) is 8. The van der Waals surface area contributed by atoms with E-state index < -0.39 is 35.0 Å². The number of rotatable bonds is 8. The number of nitro groups is 1. The number of hydrogen-bond donors (Lipinski definition) is 0. The predicted octanol–water partition coefficient (Wildman–Crippen LogP) is 1.32. The van der Waals surface area contributed by atoms with Gasteiger partial charge in [0, 0.05) is 12.1 Å². The zero-order valence-electron chi connectivity index (χ0n) is 12.0. The molecule has 0 aliphatic rings. The molecule has 0 aliphatic heterocycles. The molecular weight excluding hydrogens is 312 g/mol. The molecule has 10 nitrogen and oxygen atoms in total. The second kappa shape index (κ2) is 8.22. The van der Waals surface area contributed by atoms with Crippen molar-refractivity contribution in [2.75, 3.05) is 13.2 Å². The SMILES string of the molecule is CC(=O)/C(=C/c1cccc([N+](=O)[O-])c1)C(=O)OCCO[N+](=O)[O-]. The maximum atomic E-state index is 11.8. The number of nitro benzene ring substituents is 1. The number of ether oxygens (including phenoxy) is 1. The highest BCUT2D eigenvalue weighted by Crippen LogP contribution is 2.16. The summed E-state index contributed by atoms with van der Waals surface area (Å²) in [5, 5.41) is 19.6. The maximum Gasteiger partial charge on any atom is 0.341 e. The van der Waals surface area contributed by atoms with Crippen molar-refractivity contribution >= 4 is 23.5 Å². The van der Waals surface area contributed by atoms with Gasteiger partial charge in [-0.3, -0.25) is 14.9 Å². The first-order valence-electron chi connectivity index (χ1n) is 6.22. The zero-order chi connectivity index (χ0) is 17.4. The van der Waals surface area contributed by atoms with Gasteiger partial charge in [-0.2, -0.15) is 0 Å². The predicted molar refractivity (Wildman–Crippen MR) is 75.7 cm³/mol. The molecule has 1 rings (SSSR count). The molecule has 0 unspecified atom stereocenters. The number of esters is 1. The minimum Gasteiger partial charge on any atom is -0.460 e. The Morgan fingerprint density at radius 3 is 2.48 bits per heavy atom. The molecule has 0 bridgehead atoms. The molecule has 0 radical (unpaired) electrons. The van der Waals surface area contributed by atoms with Gasteiger partial charge in [-0.05, 0) is 18.6 Å². The van der Waals surface area contributed by atoms with Crippen LogP contribution < -0.4 is 0 Å². The Morgan fingerprint density at radius 2 is 1.91 bits per heavy atom. The first kappa shape index (κ1) is 17.8. The lowest BCUT2D eigenvalue weighted by molar-refractivity contribution is -0.757. The Balaban J connectivity index is 2.86. The van der Waals surface area contributed by atoms with Crippen LogP contribution in [0.4, 0.5) is 5.69 Å². The molecular formula is C13H12N2O8. The molecule has 1 aromatic rings. The minimum atomic E-state index is -1.04. The van der Waals surface area contributed by atoms with Crippen LogP contribution in [-0.4, -0.2) is 35.0 Å². The van der Waals surface area contributed by atoms with Crippen LogP contribution in [-0.2, 0) is 19.2 Å². The number of non-ortho nitro benzene ring substituents is 1. The van der Waals surface area contributed by atoms with Crippen molar-refractivity contribution in [2.24, 2.45) is 0 Å². The number of nitrogens with zero attached hydrogens (tertiary/aromatic N) is 2. The van der Waals surface area contributed by atoms with Gasteiger partial charge in [0.05, 0.1) is 4.92 Å². The van der Waals surface area contributed by atoms with Crippen LogP contribution in [0.15, 0.2) is 29.8 Å². The van der Waals surface area contributed by atoms with Crippen molar-refractivity contribution < 1.29 is 29.2 Å². The van der Waals surface area contributed by atoms with Crippen LogP contribution >= 0.6 is 0 Å². The molecule has 0 saturated carbocycles. The Bertz CT molecular complexity index is 668. The molecule has 10 heteroatoms. The molecule has 1 aromatic carbocycles. The third-order valence-electron chi connectivity index (χ3n) is 2.50. The van der Waals surface area contributed by atoms with Crippen molar-refractivity contribution in [1.82, 2.24) is 0 Å². The Morgan fingerprint density at radius 1 is 1.22 bits per heavy atom. The third kappa shape index (κ3) is 5.91. The van der Waals surface area contributed by atoms with Crippen molar-refractivity contribution in [3.8, 4) is 0 Å². The third-order valence-corrected chi connectivity index (χ3v) is 2.50. The number of carbonyl (C=O) groups is 2. The average molecular weight is 324 g/mol. The van der Waals surface area contributed by atoms with E-state index in [2.05, 4.69) is 9.57 Å². The first-order valence-corrected chi connectivity index (χ1v) is 6.22. The quantitative estimate of drug-likeness (QED) is 0.133. The Hall–Kier alpha value is -3.30. The van der Waals surface area contributed by atoms with E-state index in [-0.39, 0.29) is 16.8 Å². The summed E-state index contributed by atoms with van der Waals surface area (Å²) in [5.74, 6) is -1.62. The van der Waals surface area contributed by atoms with Crippen molar-refractivity contribution in [1.29, 1.82) is 0 Å². The molecule has 0 spiro atoms. The van der Waals surface area contributed by atoms with Gasteiger partial charge in [-0.1, -0.05) is 12.1 Å². The summed E-state index contributed by atoms with van der Waals surface area (Å²) in [4.78, 5) is 47.3. The van der Waals surface area contributed by atoms with Crippen molar-refractivity contribution in [3.63, 3.8) is 0 Å². The summed E-state index contributed by atoms with van der Waals surface area (Å²) >= 11 is 0. The van der Waals surface area contributed by atoms with Crippen LogP contribution in [0.2, 0.25) is 0 Å². The molecule has 0 aromatic heterocycles. The number of benzene rings is 1. The highest BCUT2D eigenvalue weighted by Gasteiger charge is 2.17. The maximum absolute atomic E-state index is 11.8. The normalized spacial score (nSPS) is 10.7. The van der Waals surface area contributed by atoms with Gasteiger partial charge < -0.3 is 9.57 Å². The fourth-order valence-electron chi connectivity index (χ4n) is 1.52. The van der Waals surface area contributed by atoms with Crippen molar-refractivity contribution in [2.45, 2.75) is 6.92 Å². The summed E-state index contributed by atoms with van der Waals surface area (Å²) in [6.45, 7) is 0.234. The average Bonchev–Trinajstić information content (AvgIpc) is 2.48. The van der Waals surface area contributed by atoms with E-state index in [1.807, 2.05) is 0 Å². The number of ketones is 1. The van der Waals surface area contributed by atoms with E-state index in [0.717, 1.165) is 13.0 Å². The Kier molecular flexibility index (Phi) is 6.34. The Labute approximate surface area is 129 Å². The van der Waals surface area contributed by atoms with E-state index >= 15 is 0 Å². The lowest BCUT2D eigenvalue weighted by Crippen LogP contribution is -2.17. The number of Topliss-reactive ketones (excluding diaryl/α,β-unsaturated/α-hetero) is 1. The van der Waals surface area contributed by atoms with Crippen LogP contribution in [0.1, 0.15) is 12.5 Å². The fraction of sp³-hybridized carbons (Fsp3) is 0.231. The lowest BCUT2D eigenvalue weighted by Gasteiger charge is -2.05. The second-order valence-corrected chi connectivity index (χ2v) is 4.16. The molecule has 0 aliphatic carbocycles. The van der Waals surface area contributed by atoms with Crippen molar-refractivity contribution in [3.05, 3.63) is 55.6 Å². The van der Waals surface area contributed by atoms with Crippen LogP contribution in [0, 0.1) is 20.2 Å². The summed E-state index contributed by atoms with van der Waals surface area (Å²) < 4.78 is 4.67. The molecule has 23 heavy (non-hydrogen) atoms. The molecule has 0 amide bonds. The van der Waals surface area contributed by atoms with Gasteiger partial charge in [-0.15, -0.1) is 10.1 Å². The standard InChI is InChI=1S/C13H12N2O8/c1-9(16)12(13(17)22-5-6-23-15(20)21)8-10-3-2-4-11(7-10)14(18)19/h2-4,7-8H,5-6H2,1H3/b12-8-. The molecule has 0 fully saturated rings.